The van der Waals surface area contributed by atoms with Gasteiger partial charge in [-0.1, -0.05) is 18.2 Å². The van der Waals surface area contributed by atoms with Crippen LogP contribution in [0.15, 0.2) is 46.9 Å². The van der Waals surface area contributed by atoms with Crippen molar-refractivity contribution in [2.75, 3.05) is 42.6 Å². The van der Waals surface area contributed by atoms with Gasteiger partial charge in [0.1, 0.15) is 5.52 Å². The molecular weight excluding hydrogens is 352 g/mol. The molecule has 142 valence electrons. The highest BCUT2D eigenvalue weighted by Crippen LogP contribution is 2.32. The third kappa shape index (κ3) is 2.56. The monoisotopic (exact) mass is 374 g/mol. The van der Waals surface area contributed by atoms with Gasteiger partial charge in [-0.3, -0.25) is 0 Å². The molecule has 6 nitrogen and oxygen atoms in total. The summed E-state index contributed by atoms with van der Waals surface area (Å²) >= 11 is 0. The van der Waals surface area contributed by atoms with Crippen LogP contribution in [0.2, 0.25) is 0 Å². The summed E-state index contributed by atoms with van der Waals surface area (Å²) in [4.78, 5) is 12.9. The summed E-state index contributed by atoms with van der Waals surface area (Å²) in [5, 5.41) is 1.34. The molecule has 0 spiro atoms. The Morgan fingerprint density at radius 3 is 2.79 bits per heavy atom. The molecule has 1 fully saturated rings. The van der Waals surface area contributed by atoms with E-state index in [9.17, 15) is 0 Å². The minimum absolute atomic E-state index is 0.707. The van der Waals surface area contributed by atoms with E-state index in [1.807, 2.05) is 0 Å². The van der Waals surface area contributed by atoms with E-state index in [4.69, 9.17) is 14.1 Å². The van der Waals surface area contributed by atoms with Crippen LogP contribution in [0.3, 0.4) is 0 Å². The first-order valence-electron chi connectivity index (χ1n) is 9.92. The molecule has 6 heteroatoms. The van der Waals surface area contributed by atoms with Gasteiger partial charge in [0.05, 0.1) is 19.8 Å². The lowest BCUT2D eigenvalue weighted by atomic mass is 10.0. The van der Waals surface area contributed by atoms with Crippen molar-refractivity contribution in [1.29, 1.82) is 0 Å². The first-order chi connectivity index (χ1) is 13.8. The largest absolute Gasteiger partial charge is 0.423 e. The zero-order chi connectivity index (χ0) is 18.5. The summed E-state index contributed by atoms with van der Waals surface area (Å²) in [6.07, 6.45) is 0.997. The molecule has 28 heavy (non-hydrogen) atoms. The summed E-state index contributed by atoms with van der Waals surface area (Å²) in [7, 11) is 0. The van der Waals surface area contributed by atoms with E-state index < -0.39 is 0 Å². The Hall–Kier alpha value is -2.99. The Labute approximate surface area is 162 Å². The van der Waals surface area contributed by atoms with Gasteiger partial charge in [-0.25, -0.2) is 0 Å². The smallest absolute Gasteiger partial charge is 0.298 e. The number of aromatic amines is 1. The number of hydrogen-bond donors (Lipinski definition) is 1. The van der Waals surface area contributed by atoms with Crippen molar-refractivity contribution in [1.82, 2.24) is 9.97 Å². The molecular formula is C22H22N4O2. The summed E-state index contributed by atoms with van der Waals surface area (Å²) in [5.74, 6) is 0. The highest BCUT2D eigenvalue weighted by Gasteiger charge is 2.24. The molecule has 0 atom stereocenters. The number of morpholine rings is 1. The van der Waals surface area contributed by atoms with Crippen molar-refractivity contribution >= 4 is 33.7 Å². The minimum Gasteiger partial charge on any atom is -0.423 e. The lowest BCUT2D eigenvalue weighted by Gasteiger charge is -2.28. The molecule has 0 unspecified atom stereocenters. The number of H-pyrrole nitrogens is 1. The Morgan fingerprint density at radius 1 is 0.964 bits per heavy atom. The third-order valence-corrected chi connectivity index (χ3v) is 5.89. The van der Waals surface area contributed by atoms with Gasteiger partial charge in [-0.15, -0.1) is 0 Å². The molecule has 2 aromatic heterocycles. The van der Waals surface area contributed by atoms with Crippen LogP contribution in [0.5, 0.6) is 0 Å². The number of ether oxygens (including phenoxy) is 1. The molecule has 0 bridgehead atoms. The molecule has 0 saturated carbocycles. The van der Waals surface area contributed by atoms with Gasteiger partial charge in [-0.05, 0) is 30.2 Å². The standard InChI is InChI=1S/C22H22N4O2/c1-2-4-18-16(3-1)17-7-8-26(14-20(17)23-18)22-24-19-6-5-15(13-21(19)28-22)25-9-11-27-12-10-25/h1-6,13,23H,7-12,14H2. The Balaban J connectivity index is 1.31. The van der Waals surface area contributed by atoms with Crippen molar-refractivity contribution in [3.8, 4) is 0 Å². The number of nitrogens with zero attached hydrogens (tertiary/aromatic N) is 3. The first-order valence-corrected chi connectivity index (χ1v) is 9.92. The molecule has 1 saturated heterocycles. The molecule has 0 radical (unpaired) electrons. The molecule has 1 N–H and O–H groups in total. The van der Waals surface area contributed by atoms with Crippen LogP contribution in [-0.2, 0) is 17.7 Å². The number of rotatable bonds is 2. The summed E-state index contributed by atoms with van der Waals surface area (Å²) in [6.45, 7) is 5.11. The van der Waals surface area contributed by atoms with Gasteiger partial charge in [0.25, 0.3) is 6.01 Å². The van der Waals surface area contributed by atoms with E-state index >= 15 is 0 Å². The van der Waals surface area contributed by atoms with Crippen molar-refractivity contribution in [2.45, 2.75) is 13.0 Å². The van der Waals surface area contributed by atoms with E-state index in [-0.39, 0.29) is 0 Å². The molecule has 0 aliphatic carbocycles. The Bertz CT molecular complexity index is 1160. The number of nitrogens with one attached hydrogen (secondary N) is 1. The van der Waals surface area contributed by atoms with E-state index in [2.05, 4.69) is 57.2 Å². The predicted molar refractivity (Wildman–Crippen MR) is 110 cm³/mol. The average Bonchev–Trinajstić information content (AvgIpc) is 3.34. The second kappa shape index (κ2) is 6.27. The van der Waals surface area contributed by atoms with E-state index in [0.29, 0.717) is 6.01 Å². The Morgan fingerprint density at radius 2 is 1.86 bits per heavy atom. The van der Waals surface area contributed by atoms with Gasteiger partial charge in [0, 0.05) is 48.0 Å². The van der Waals surface area contributed by atoms with Crippen molar-refractivity contribution in [3.63, 3.8) is 0 Å². The quantitative estimate of drug-likeness (QED) is 0.580. The summed E-state index contributed by atoms with van der Waals surface area (Å²) < 4.78 is 11.6. The van der Waals surface area contributed by atoms with Crippen molar-refractivity contribution in [3.05, 3.63) is 53.7 Å². The maximum absolute atomic E-state index is 6.17. The van der Waals surface area contributed by atoms with Crippen LogP contribution in [0.4, 0.5) is 11.7 Å². The maximum Gasteiger partial charge on any atom is 0.298 e. The SMILES string of the molecule is c1ccc2c3c([nH]c2c1)CN(c1nc2ccc(N4CCOCC4)cc2o1)CC3. The zero-order valence-electron chi connectivity index (χ0n) is 15.6. The summed E-state index contributed by atoms with van der Waals surface area (Å²) in [5.41, 5.74) is 6.84. The number of anilines is 2. The highest BCUT2D eigenvalue weighted by atomic mass is 16.5. The summed E-state index contributed by atoms with van der Waals surface area (Å²) in [6, 6.07) is 15.5. The van der Waals surface area contributed by atoms with Crippen molar-refractivity contribution < 1.29 is 9.15 Å². The molecule has 4 heterocycles. The normalized spacial score (nSPS) is 17.4. The Kier molecular flexibility index (Phi) is 3.59. The van der Waals surface area contributed by atoms with Gasteiger partial charge in [0.2, 0.25) is 0 Å². The average molecular weight is 374 g/mol. The van der Waals surface area contributed by atoms with Gasteiger partial charge in [-0.2, -0.15) is 4.98 Å². The van der Waals surface area contributed by atoms with Gasteiger partial charge in [0.15, 0.2) is 5.58 Å². The number of hydrogen-bond acceptors (Lipinski definition) is 5. The van der Waals surface area contributed by atoms with Crippen molar-refractivity contribution in [2.24, 2.45) is 0 Å². The lowest BCUT2D eigenvalue weighted by Crippen LogP contribution is -2.36. The maximum atomic E-state index is 6.17. The number of benzene rings is 2. The van der Waals surface area contributed by atoms with Crippen LogP contribution < -0.4 is 9.80 Å². The molecule has 0 amide bonds. The van der Waals surface area contributed by atoms with E-state index in [0.717, 1.165) is 56.9 Å². The zero-order valence-corrected chi connectivity index (χ0v) is 15.6. The minimum atomic E-state index is 0.707. The van der Waals surface area contributed by atoms with Crippen LogP contribution in [0, 0.1) is 0 Å². The second-order valence-corrected chi connectivity index (χ2v) is 7.55. The molecule has 2 aliphatic rings. The molecule has 2 aromatic carbocycles. The van der Waals surface area contributed by atoms with E-state index in [1.54, 1.807) is 0 Å². The van der Waals surface area contributed by atoms with Crippen LogP contribution in [0.1, 0.15) is 11.3 Å². The topological polar surface area (TPSA) is 57.5 Å². The first kappa shape index (κ1) is 16.0. The number of oxazole rings is 1. The fourth-order valence-electron chi connectivity index (χ4n) is 4.41. The second-order valence-electron chi connectivity index (χ2n) is 7.55. The predicted octanol–water partition coefficient (Wildman–Crippen LogP) is 3.71. The fourth-order valence-corrected chi connectivity index (χ4v) is 4.41. The van der Waals surface area contributed by atoms with Gasteiger partial charge >= 0.3 is 0 Å². The fraction of sp³-hybridized carbons (Fsp3) is 0.318. The molecule has 6 rings (SSSR count). The van der Waals surface area contributed by atoms with Gasteiger partial charge < -0.3 is 23.9 Å². The van der Waals surface area contributed by atoms with E-state index in [1.165, 1.54) is 27.8 Å². The van der Waals surface area contributed by atoms with Crippen LogP contribution in [0.25, 0.3) is 22.0 Å². The lowest BCUT2D eigenvalue weighted by molar-refractivity contribution is 0.122. The third-order valence-electron chi connectivity index (χ3n) is 5.89. The van der Waals surface area contributed by atoms with Crippen LogP contribution in [-0.4, -0.2) is 42.8 Å². The van der Waals surface area contributed by atoms with Crippen LogP contribution >= 0.6 is 0 Å². The number of para-hydroxylation sites is 1. The molecule has 2 aliphatic heterocycles. The highest BCUT2D eigenvalue weighted by molar-refractivity contribution is 5.85. The number of aromatic nitrogens is 2. The molecule has 4 aromatic rings. The number of fused-ring (bicyclic) bond motifs is 4.